The van der Waals surface area contributed by atoms with Gasteiger partial charge in [-0.1, -0.05) is 19.1 Å². The lowest BCUT2D eigenvalue weighted by atomic mass is 10.0. The Bertz CT molecular complexity index is 526. The van der Waals surface area contributed by atoms with Gasteiger partial charge in [0, 0.05) is 18.7 Å². The molecule has 3 N–H and O–H groups in total. The number of hydrogen-bond donors (Lipinski definition) is 3. The molecule has 7 heteroatoms. The van der Waals surface area contributed by atoms with Gasteiger partial charge in [-0.2, -0.15) is 0 Å². The first-order chi connectivity index (χ1) is 8.54. The Morgan fingerprint density at radius 1 is 1.61 bits per heavy atom. The van der Waals surface area contributed by atoms with Crippen molar-refractivity contribution in [1.82, 2.24) is 9.55 Å². The SMILES string of the molecule is CC1[C@@H](O)C(CCO)O[C@H]1n1ccc(=S)[nH]c1=O. The summed E-state index contributed by atoms with van der Waals surface area (Å²) in [6, 6.07) is 1.60. The lowest BCUT2D eigenvalue weighted by Crippen LogP contribution is -2.30. The lowest BCUT2D eigenvalue weighted by molar-refractivity contribution is -0.0332. The second-order valence-electron chi connectivity index (χ2n) is 4.44. The molecule has 0 bridgehead atoms. The standard InChI is InChI=1S/C11H16N2O4S/c1-6-9(15)7(3-5-14)17-10(6)13-4-2-8(18)12-11(13)16/h2,4,6-7,9-10,14-15H,3,5H2,1H3,(H,12,16,18)/t6?,7?,9-,10-/m1/s1. The van der Waals surface area contributed by atoms with E-state index in [4.69, 9.17) is 22.1 Å². The molecule has 1 aromatic heterocycles. The third kappa shape index (κ3) is 2.39. The smallest absolute Gasteiger partial charge is 0.328 e. The molecule has 1 fully saturated rings. The molecule has 0 radical (unpaired) electrons. The molecule has 0 aliphatic carbocycles. The maximum Gasteiger partial charge on any atom is 0.328 e. The lowest BCUT2D eigenvalue weighted by Gasteiger charge is -2.17. The highest BCUT2D eigenvalue weighted by Crippen LogP contribution is 2.34. The van der Waals surface area contributed by atoms with Crippen molar-refractivity contribution in [3.8, 4) is 0 Å². The number of rotatable bonds is 3. The van der Waals surface area contributed by atoms with Gasteiger partial charge in [-0.05, 0) is 12.5 Å². The molecule has 0 saturated carbocycles. The van der Waals surface area contributed by atoms with Crippen molar-refractivity contribution in [2.24, 2.45) is 5.92 Å². The number of hydrogen-bond acceptors (Lipinski definition) is 5. The van der Waals surface area contributed by atoms with Gasteiger partial charge in [0.05, 0.1) is 12.2 Å². The van der Waals surface area contributed by atoms with Gasteiger partial charge in [-0.25, -0.2) is 4.79 Å². The average molecular weight is 272 g/mol. The molecule has 100 valence electrons. The van der Waals surface area contributed by atoms with E-state index in [1.165, 1.54) is 4.57 Å². The van der Waals surface area contributed by atoms with E-state index in [9.17, 15) is 9.90 Å². The zero-order chi connectivity index (χ0) is 13.3. The van der Waals surface area contributed by atoms with Gasteiger partial charge in [-0.15, -0.1) is 0 Å². The predicted molar refractivity (Wildman–Crippen MR) is 66.7 cm³/mol. The minimum absolute atomic E-state index is 0.0622. The summed E-state index contributed by atoms with van der Waals surface area (Å²) < 4.78 is 7.36. The molecule has 1 aliphatic heterocycles. The number of aromatic amines is 1. The van der Waals surface area contributed by atoms with Gasteiger partial charge < -0.3 is 14.9 Å². The van der Waals surface area contributed by atoms with Crippen molar-refractivity contribution in [3.63, 3.8) is 0 Å². The Balaban J connectivity index is 2.29. The Labute approximate surface area is 109 Å². The van der Waals surface area contributed by atoms with Crippen LogP contribution in [0.25, 0.3) is 0 Å². The number of nitrogens with zero attached hydrogens (tertiary/aromatic N) is 1. The van der Waals surface area contributed by atoms with Gasteiger partial charge >= 0.3 is 5.69 Å². The normalized spacial score (nSPS) is 31.7. The topological polar surface area (TPSA) is 87.5 Å². The molecule has 0 spiro atoms. The van der Waals surface area contributed by atoms with Crippen molar-refractivity contribution >= 4 is 12.2 Å². The van der Waals surface area contributed by atoms with Crippen LogP contribution in [0.2, 0.25) is 0 Å². The second kappa shape index (κ2) is 5.31. The van der Waals surface area contributed by atoms with E-state index in [1.807, 2.05) is 0 Å². The highest BCUT2D eigenvalue weighted by molar-refractivity contribution is 7.71. The summed E-state index contributed by atoms with van der Waals surface area (Å²) in [4.78, 5) is 14.3. The zero-order valence-corrected chi connectivity index (χ0v) is 10.8. The van der Waals surface area contributed by atoms with Crippen LogP contribution in [0.4, 0.5) is 0 Å². The molecule has 2 heterocycles. The fourth-order valence-corrected chi connectivity index (χ4v) is 2.35. The highest BCUT2D eigenvalue weighted by Gasteiger charge is 2.41. The number of aliphatic hydroxyl groups is 2. The first-order valence-electron chi connectivity index (χ1n) is 5.80. The van der Waals surface area contributed by atoms with Crippen LogP contribution < -0.4 is 5.69 Å². The number of H-pyrrole nitrogens is 1. The quantitative estimate of drug-likeness (QED) is 0.683. The van der Waals surface area contributed by atoms with E-state index >= 15 is 0 Å². The van der Waals surface area contributed by atoms with Crippen LogP contribution in [-0.2, 0) is 4.74 Å². The number of nitrogens with one attached hydrogen (secondary N) is 1. The van der Waals surface area contributed by atoms with Crippen LogP contribution in [0, 0.1) is 10.6 Å². The van der Waals surface area contributed by atoms with Crippen LogP contribution in [0.15, 0.2) is 17.1 Å². The van der Waals surface area contributed by atoms with Gasteiger partial charge in [-0.3, -0.25) is 9.55 Å². The minimum Gasteiger partial charge on any atom is -0.396 e. The highest BCUT2D eigenvalue weighted by atomic mass is 32.1. The third-order valence-corrected chi connectivity index (χ3v) is 3.46. The van der Waals surface area contributed by atoms with Crippen molar-refractivity contribution in [1.29, 1.82) is 0 Å². The summed E-state index contributed by atoms with van der Waals surface area (Å²) in [7, 11) is 0. The Morgan fingerprint density at radius 2 is 2.33 bits per heavy atom. The van der Waals surface area contributed by atoms with E-state index in [2.05, 4.69) is 4.98 Å². The maximum absolute atomic E-state index is 11.8. The molecule has 2 rings (SSSR count). The van der Waals surface area contributed by atoms with E-state index in [0.29, 0.717) is 11.1 Å². The van der Waals surface area contributed by atoms with Gasteiger partial charge in [0.2, 0.25) is 0 Å². The van der Waals surface area contributed by atoms with Crippen LogP contribution in [0.1, 0.15) is 19.6 Å². The van der Waals surface area contributed by atoms with Gasteiger partial charge in [0.1, 0.15) is 10.9 Å². The third-order valence-electron chi connectivity index (χ3n) is 3.22. The first-order valence-corrected chi connectivity index (χ1v) is 6.21. The summed E-state index contributed by atoms with van der Waals surface area (Å²) in [6.45, 7) is 1.74. The zero-order valence-electron chi connectivity index (χ0n) is 9.94. The predicted octanol–water partition coefficient (Wildman–Crippen LogP) is 0.183. The van der Waals surface area contributed by atoms with Crippen LogP contribution in [0.3, 0.4) is 0 Å². The minimum atomic E-state index is -0.697. The summed E-state index contributed by atoms with van der Waals surface area (Å²) in [5.41, 5.74) is -0.365. The average Bonchev–Trinajstić information content (AvgIpc) is 2.58. The largest absolute Gasteiger partial charge is 0.396 e. The van der Waals surface area contributed by atoms with Gasteiger partial charge in [0.25, 0.3) is 0 Å². The van der Waals surface area contributed by atoms with E-state index in [0.717, 1.165) is 0 Å². The molecule has 1 aliphatic rings. The molecule has 4 atom stereocenters. The molecule has 0 aromatic carbocycles. The number of aromatic nitrogens is 2. The Morgan fingerprint density at radius 3 is 2.94 bits per heavy atom. The molecular weight excluding hydrogens is 256 g/mol. The van der Waals surface area contributed by atoms with Crippen molar-refractivity contribution in [2.45, 2.75) is 31.8 Å². The van der Waals surface area contributed by atoms with E-state index in [-0.39, 0.29) is 18.2 Å². The summed E-state index contributed by atoms with van der Waals surface area (Å²) in [6.07, 6.45) is 0.203. The maximum atomic E-state index is 11.8. The molecule has 0 amide bonds. The number of aliphatic hydroxyl groups excluding tert-OH is 2. The van der Waals surface area contributed by atoms with E-state index < -0.39 is 18.4 Å². The first kappa shape index (κ1) is 13.4. The second-order valence-corrected chi connectivity index (χ2v) is 4.88. The molecule has 18 heavy (non-hydrogen) atoms. The van der Waals surface area contributed by atoms with Crippen molar-refractivity contribution in [3.05, 3.63) is 27.4 Å². The molecule has 1 saturated heterocycles. The van der Waals surface area contributed by atoms with Crippen molar-refractivity contribution < 1.29 is 14.9 Å². The monoisotopic (exact) mass is 272 g/mol. The fourth-order valence-electron chi connectivity index (χ4n) is 2.20. The summed E-state index contributed by atoms with van der Waals surface area (Å²) in [5.74, 6) is -0.233. The van der Waals surface area contributed by atoms with Crippen LogP contribution in [0.5, 0.6) is 0 Å². The Hall–Kier alpha value is -1.02. The van der Waals surface area contributed by atoms with E-state index in [1.54, 1.807) is 19.2 Å². The molecule has 6 nitrogen and oxygen atoms in total. The Kier molecular flexibility index (Phi) is 3.96. The van der Waals surface area contributed by atoms with Crippen LogP contribution >= 0.6 is 12.2 Å². The summed E-state index contributed by atoms with van der Waals surface area (Å²) >= 11 is 4.86. The molecule has 2 unspecified atom stereocenters. The fraction of sp³-hybridized carbons (Fsp3) is 0.636. The molecule has 1 aromatic rings. The summed E-state index contributed by atoms with van der Waals surface area (Å²) in [5, 5.41) is 18.9. The van der Waals surface area contributed by atoms with Crippen molar-refractivity contribution in [2.75, 3.05) is 6.61 Å². The molecular formula is C11H16N2O4S. The van der Waals surface area contributed by atoms with Crippen LogP contribution in [-0.4, -0.2) is 38.6 Å². The van der Waals surface area contributed by atoms with Gasteiger partial charge in [0.15, 0.2) is 0 Å². The number of ether oxygens (including phenoxy) is 1.